The number of hydrogen-bond acceptors (Lipinski definition) is 3. The number of benzene rings is 1. The summed E-state index contributed by atoms with van der Waals surface area (Å²) in [5.74, 6) is 0.812. The van der Waals surface area contributed by atoms with Crippen molar-refractivity contribution in [3.05, 3.63) is 29.8 Å². The third kappa shape index (κ3) is 4.68. The van der Waals surface area contributed by atoms with E-state index in [-0.39, 0.29) is 11.7 Å². The van der Waals surface area contributed by atoms with Gasteiger partial charge in [-0.05, 0) is 24.5 Å². The van der Waals surface area contributed by atoms with Crippen LogP contribution in [0.25, 0.3) is 0 Å². The number of nitrogens with one attached hydrogen (secondary N) is 1. The number of nitrogens with zero attached hydrogens (tertiary/aromatic N) is 1. The Bertz CT molecular complexity index is 465. The standard InChI is InChI=1S/C16H22N2O2/c19-15-9-5-4-8-14(15)12-17-18-16(20)11-10-13-6-2-1-3-7-13/h4-5,8-9,12-13,19H,1-3,6-7,10-11H2,(H,18,20)/b17-12+. The molecule has 0 bridgehead atoms. The van der Waals surface area contributed by atoms with E-state index >= 15 is 0 Å². The van der Waals surface area contributed by atoms with Crippen molar-refractivity contribution in [2.75, 3.05) is 0 Å². The zero-order chi connectivity index (χ0) is 14.2. The van der Waals surface area contributed by atoms with Crippen molar-refractivity contribution in [1.82, 2.24) is 5.43 Å². The van der Waals surface area contributed by atoms with Crippen molar-refractivity contribution in [2.24, 2.45) is 11.0 Å². The Kier molecular flexibility index (Phi) is 5.59. The number of hydrazone groups is 1. The predicted molar refractivity (Wildman–Crippen MR) is 79.7 cm³/mol. The van der Waals surface area contributed by atoms with Crippen LogP contribution in [-0.4, -0.2) is 17.2 Å². The normalized spacial score (nSPS) is 16.4. The summed E-state index contributed by atoms with van der Waals surface area (Å²) in [6, 6.07) is 6.89. The SMILES string of the molecule is O=C(CCC1CCCCC1)N/N=C/c1ccccc1O. The molecule has 4 heteroatoms. The number of rotatable bonds is 5. The van der Waals surface area contributed by atoms with Crippen LogP contribution in [0.3, 0.4) is 0 Å². The summed E-state index contributed by atoms with van der Waals surface area (Å²) in [5.41, 5.74) is 3.11. The molecule has 1 aromatic rings. The molecule has 1 aliphatic carbocycles. The molecule has 1 aliphatic rings. The van der Waals surface area contributed by atoms with Crippen LogP contribution in [0.1, 0.15) is 50.5 Å². The molecule has 0 aromatic heterocycles. The van der Waals surface area contributed by atoms with Crippen molar-refractivity contribution < 1.29 is 9.90 Å². The molecule has 0 spiro atoms. The molecule has 1 amide bonds. The van der Waals surface area contributed by atoms with Crippen LogP contribution in [0.4, 0.5) is 0 Å². The Balaban J connectivity index is 1.70. The molecule has 0 aliphatic heterocycles. The van der Waals surface area contributed by atoms with Crippen molar-refractivity contribution >= 4 is 12.1 Å². The monoisotopic (exact) mass is 274 g/mol. The summed E-state index contributed by atoms with van der Waals surface area (Å²) in [6.07, 6.45) is 9.42. The van der Waals surface area contributed by atoms with E-state index in [0.717, 1.165) is 6.42 Å². The third-order valence-electron chi connectivity index (χ3n) is 3.83. The summed E-state index contributed by atoms with van der Waals surface area (Å²) in [4.78, 5) is 11.7. The minimum atomic E-state index is -0.0535. The van der Waals surface area contributed by atoms with Gasteiger partial charge in [-0.15, -0.1) is 0 Å². The summed E-state index contributed by atoms with van der Waals surface area (Å²) < 4.78 is 0. The van der Waals surface area contributed by atoms with Crippen LogP contribution < -0.4 is 5.43 Å². The average molecular weight is 274 g/mol. The maximum atomic E-state index is 11.7. The number of hydrogen-bond donors (Lipinski definition) is 2. The Labute approximate surface area is 119 Å². The molecule has 0 saturated heterocycles. The summed E-state index contributed by atoms with van der Waals surface area (Å²) in [7, 11) is 0. The highest BCUT2D eigenvalue weighted by molar-refractivity contribution is 5.84. The topological polar surface area (TPSA) is 61.7 Å². The number of carbonyl (C=O) groups excluding carboxylic acids is 1. The quantitative estimate of drug-likeness (QED) is 0.639. The molecule has 2 N–H and O–H groups in total. The zero-order valence-electron chi connectivity index (χ0n) is 11.7. The first kappa shape index (κ1) is 14.6. The first-order chi connectivity index (χ1) is 9.75. The molecule has 0 atom stereocenters. The van der Waals surface area contributed by atoms with E-state index in [1.807, 2.05) is 6.07 Å². The van der Waals surface area contributed by atoms with E-state index in [4.69, 9.17) is 0 Å². The molecule has 0 unspecified atom stereocenters. The van der Waals surface area contributed by atoms with Gasteiger partial charge in [0.1, 0.15) is 5.75 Å². The highest BCUT2D eigenvalue weighted by atomic mass is 16.3. The van der Waals surface area contributed by atoms with Gasteiger partial charge in [0.05, 0.1) is 6.21 Å². The van der Waals surface area contributed by atoms with E-state index in [9.17, 15) is 9.90 Å². The first-order valence-corrected chi connectivity index (χ1v) is 7.35. The maximum Gasteiger partial charge on any atom is 0.240 e. The number of phenols is 1. The van der Waals surface area contributed by atoms with E-state index in [1.54, 1.807) is 18.2 Å². The van der Waals surface area contributed by atoms with Gasteiger partial charge in [0, 0.05) is 12.0 Å². The lowest BCUT2D eigenvalue weighted by Crippen LogP contribution is -2.19. The number of carbonyl (C=O) groups is 1. The Morgan fingerprint density at radius 2 is 2.05 bits per heavy atom. The van der Waals surface area contributed by atoms with Gasteiger partial charge in [-0.1, -0.05) is 44.2 Å². The summed E-state index contributed by atoms with van der Waals surface area (Å²) in [6.45, 7) is 0. The van der Waals surface area contributed by atoms with Crippen LogP contribution in [0.2, 0.25) is 0 Å². The Morgan fingerprint density at radius 1 is 1.30 bits per heavy atom. The van der Waals surface area contributed by atoms with Crippen LogP contribution >= 0.6 is 0 Å². The summed E-state index contributed by atoms with van der Waals surface area (Å²) in [5, 5.41) is 13.4. The highest BCUT2D eigenvalue weighted by Gasteiger charge is 2.14. The van der Waals surface area contributed by atoms with Crippen molar-refractivity contribution in [1.29, 1.82) is 0 Å². The van der Waals surface area contributed by atoms with E-state index in [0.29, 0.717) is 17.9 Å². The molecule has 4 nitrogen and oxygen atoms in total. The number of aromatic hydroxyl groups is 1. The second-order valence-electron chi connectivity index (χ2n) is 5.39. The van der Waals surface area contributed by atoms with E-state index < -0.39 is 0 Å². The number of phenolic OH excluding ortho intramolecular Hbond substituents is 1. The fourth-order valence-electron chi connectivity index (χ4n) is 2.64. The van der Waals surface area contributed by atoms with Gasteiger partial charge in [0.25, 0.3) is 0 Å². The third-order valence-corrected chi connectivity index (χ3v) is 3.83. The van der Waals surface area contributed by atoms with Crippen molar-refractivity contribution in [3.63, 3.8) is 0 Å². The largest absolute Gasteiger partial charge is 0.507 e. The van der Waals surface area contributed by atoms with Crippen molar-refractivity contribution in [3.8, 4) is 5.75 Å². The first-order valence-electron chi connectivity index (χ1n) is 7.35. The second kappa shape index (κ2) is 7.68. The molecule has 20 heavy (non-hydrogen) atoms. The highest BCUT2D eigenvalue weighted by Crippen LogP contribution is 2.27. The molecule has 0 heterocycles. The molecule has 0 radical (unpaired) electrons. The number of para-hydroxylation sites is 1. The Hall–Kier alpha value is -1.84. The molecule has 1 aromatic carbocycles. The fraction of sp³-hybridized carbons (Fsp3) is 0.500. The smallest absolute Gasteiger partial charge is 0.240 e. The molecular formula is C16H22N2O2. The van der Waals surface area contributed by atoms with Gasteiger partial charge in [0.2, 0.25) is 5.91 Å². The number of amides is 1. The van der Waals surface area contributed by atoms with Crippen LogP contribution in [0.15, 0.2) is 29.4 Å². The molecule has 1 saturated carbocycles. The summed E-state index contributed by atoms with van der Waals surface area (Å²) >= 11 is 0. The molecule has 108 valence electrons. The van der Waals surface area contributed by atoms with E-state index in [1.165, 1.54) is 38.3 Å². The minimum absolute atomic E-state index is 0.0535. The minimum Gasteiger partial charge on any atom is -0.507 e. The van der Waals surface area contributed by atoms with Crippen LogP contribution in [0.5, 0.6) is 5.75 Å². The predicted octanol–water partition coefficient (Wildman–Crippen LogP) is 3.20. The van der Waals surface area contributed by atoms with E-state index in [2.05, 4.69) is 10.5 Å². The lowest BCUT2D eigenvalue weighted by atomic mass is 9.86. The van der Waals surface area contributed by atoms with Crippen molar-refractivity contribution in [2.45, 2.75) is 44.9 Å². The Morgan fingerprint density at radius 3 is 2.80 bits per heavy atom. The van der Waals surface area contributed by atoms with Gasteiger partial charge in [-0.3, -0.25) is 4.79 Å². The lowest BCUT2D eigenvalue weighted by molar-refractivity contribution is -0.121. The van der Waals surface area contributed by atoms with Crippen LogP contribution in [0, 0.1) is 5.92 Å². The molecular weight excluding hydrogens is 252 g/mol. The zero-order valence-corrected chi connectivity index (χ0v) is 11.7. The van der Waals surface area contributed by atoms with Gasteiger partial charge >= 0.3 is 0 Å². The molecule has 2 rings (SSSR count). The fourth-order valence-corrected chi connectivity index (χ4v) is 2.64. The maximum absolute atomic E-state index is 11.7. The van der Waals surface area contributed by atoms with Gasteiger partial charge in [-0.2, -0.15) is 5.10 Å². The van der Waals surface area contributed by atoms with Gasteiger partial charge in [0.15, 0.2) is 0 Å². The van der Waals surface area contributed by atoms with Gasteiger partial charge < -0.3 is 5.11 Å². The van der Waals surface area contributed by atoms with Crippen LogP contribution in [-0.2, 0) is 4.79 Å². The lowest BCUT2D eigenvalue weighted by Gasteiger charge is -2.20. The average Bonchev–Trinajstić information content (AvgIpc) is 2.48. The second-order valence-corrected chi connectivity index (χ2v) is 5.39. The van der Waals surface area contributed by atoms with Gasteiger partial charge in [-0.25, -0.2) is 5.43 Å². The molecule has 1 fully saturated rings.